The Morgan fingerprint density at radius 2 is 1.85 bits per heavy atom. The van der Waals surface area contributed by atoms with E-state index < -0.39 is 5.54 Å². The number of piperidine rings is 1. The van der Waals surface area contributed by atoms with Crippen LogP contribution in [0.15, 0.2) is 54.9 Å². The molecular formula is C21H24N4O2. The van der Waals surface area contributed by atoms with Crippen LogP contribution in [0, 0.1) is 0 Å². The van der Waals surface area contributed by atoms with Crippen molar-refractivity contribution in [1.82, 2.24) is 20.1 Å². The second kappa shape index (κ2) is 7.48. The minimum Gasteiger partial charge on any atom is -0.353 e. The Morgan fingerprint density at radius 1 is 1.07 bits per heavy atom. The van der Waals surface area contributed by atoms with E-state index in [1.807, 2.05) is 23.1 Å². The summed E-state index contributed by atoms with van der Waals surface area (Å²) in [7, 11) is 0. The number of carbonyl (C=O) groups excluding carboxylic acids is 2. The summed E-state index contributed by atoms with van der Waals surface area (Å²) in [5.41, 5.74) is 1.28. The number of aromatic nitrogens is 1. The second-order valence-corrected chi connectivity index (χ2v) is 7.23. The first-order valence-electron chi connectivity index (χ1n) is 9.46. The smallest absolute Gasteiger partial charge is 0.255 e. The molecule has 1 aromatic carbocycles. The van der Waals surface area contributed by atoms with Gasteiger partial charge < -0.3 is 10.2 Å². The number of nitrogens with zero attached hydrogens (tertiary/aromatic N) is 3. The number of hydrogen-bond acceptors (Lipinski definition) is 4. The maximum Gasteiger partial charge on any atom is 0.255 e. The van der Waals surface area contributed by atoms with Crippen LogP contribution in [-0.4, -0.2) is 58.3 Å². The monoisotopic (exact) mass is 364 g/mol. The molecule has 2 aliphatic heterocycles. The molecule has 27 heavy (non-hydrogen) atoms. The third-order valence-electron chi connectivity index (χ3n) is 5.70. The molecule has 0 bridgehead atoms. The Morgan fingerprint density at radius 3 is 2.56 bits per heavy atom. The highest BCUT2D eigenvalue weighted by Crippen LogP contribution is 2.33. The summed E-state index contributed by atoms with van der Waals surface area (Å²) in [6.45, 7) is 3.41. The molecule has 2 aromatic rings. The standard InChI is InChI=1S/C21H24N4O2/c26-19(18-7-4-10-22-15-18)24-12-8-21(9-13-24)20(27)23-11-14-25(21)16-17-5-2-1-3-6-17/h1-7,10,15H,8-9,11-14,16H2,(H,23,27). The van der Waals surface area contributed by atoms with Crippen LogP contribution >= 0.6 is 0 Å². The fraction of sp³-hybridized carbons (Fsp3) is 0.381. The highest BCUT2D eigenvalue weighted by atomic mass is 16.2. The SMILES string of the molecule is O=C(c1cccnc1)N1CCC2(CC1)C(=O)NCCN2Cc1ccccc1. The molecule has 2 amide bonds. The first kappa shape index (κ1) is 17.7. The lowest BCUT2D eigenvalue weighted by Crippen LogP contribution is -2.67. The van der Waals surface area contributed by atoms with Crippen LogP contribution in [0.4, 0.5) is 0 Å². The first-order valence-corrected chi connectivity index (χ1v) is 9.46. The fourth-order valence-corrected chi connectivity index (χ4v) is 4.16. The molecule has 1 spiro atoms. The van der Waals surface area contributed by atoms with Crippen LogP contribution in [0.2, 0.25) is 0 Å². The molecule has 1 aromatic heterocycles. The van der Waals surface area contributed by atoms with E-state index in [0.717, 1.165) is 13.1 Å². The van der Waals surface area contributed by atoms with E-state index in [2.05, 4.69) is 27.3 Å². The number of piperazine rings is 1. The number of rotatable bonds is 3. The van der Waals surface area contributed by atoms with Gasteiger partial charge in [-0.3, -0.25) is 19.5 Å². The van der Waals surface area contributed by atoms with Crippen molar-refractivity contribution in [3.63, 3.8) is 0 Å². The van der Waals surface area contributed by atoms with Gasteiger partial charge in [-0.15, -0.1) is 0 Å². The average molecular weight is 364 g/mol. The molecular weight excluding hydrogens is 340 g/mol. The number of hydrogen-bond donors (Lipinski definition) is 1. The van der Waals surface area contributed by atoms with Gasteiger partial charge in [-0.1, -0.05) is 30.3 Å². The largest absolute Gasteiger partial charge is 0.353 e. The number of benzene rings is 1. The topological polar surface area (TPSA) is 65.5 Å². The molecule has 6 heteroatoms. The fourth-order valence-electron chi connectivity index (χ4n) is 4.16. The third-order valence-corrected chi connectivity index (χ3v) is 5.70. The molecule has 0 aliphatic carbocycles. The van der Waals surface area contributed by atoms with E-state index in [4.69, 9.17) is 0 Å². The molecule has 140 valence electrons. The van der Waals surface area contributed by atoms with Crippen LogP contribution in [0.25, 0.3) is 0 Å². The molecule has 0 radical (unpaired) electrons. The Bertz CT molecular complexity index is 801. The zero-order chi connectivity index (χ0) is 18.7. The molecule has 4 rings (SSSR count). The Hall–Kier alpha value is -2.73. The summed E-state index contributed by atoms with van der Waals surface area (Å²) in [4.78, 5) is 33.7. The van der Waals surface area contributed by atoms with Gasteiger partial charge in [0.2, 0.25) is 5.91 Å². The van der Waals surface area contributed by atoms with Crippen molar-refractivity contribution in [3.05, 3.63) is 66.0 Å². The predicted molar refractivity (Wildman–Crippen MR) is 102 cm³/mol. The minimum atomic E-state index is -0.528. The normalized spacial score (nSPS) is 19.7. The van der Waals surface area contributed by atoms with Crippen molar-refractivity contribution in [3.8, 4) is 0 Å². The van der Waals surface area contributed by atoms with Gasteiger partial charge in [0, 0.05) is 45.1 Å². The van der Waals surface area contributed by atoms with Crippen LogP contribution in [0.5, 0.6) is 0 Å². The molecule has 0 unspecified atom stereocenters. The zero-order valence-corrected chi connectivity index (χ0v) is 15.3. The van der Waals surface area contributed by atoms with Gasteiger partial charge in [0.05, 0.1) is 5.56 Å². The highest BCUT2D eigenvalue weighted by molar-refractivity contribution is 5.94. The highest BCUT2D eigenvalue weighted by Gasteiger charge is 2.48. The molecule has 0 atom stereocenters. The van der Waals surface area contributed by atoms with E-state index >= 15 is 0 Å². The van der Waals surface area contributed by atoms with E-state index in [0.29, 0.717) is 38.0 Å². The lowest BCUT2D eigenvalue weighted by molar-refractivity contribution is -0.141. The number of amides is 2. The molecule has 2 saturated heterocycles. The number of carbonyl (C=O) groups is 2. The van der Waals surface area contributed by atoms with Crippen molar-refractivity contribution in [2.45, 2.75) is 24.9 Å². The summed E-state index contributed by atoms with van der Waals surface area (Å²) in [6.07, 6.45) is 4.56. The van der Waals surface area contributed by atoms with Gasteiger partial charge in [0.25, 0.3) is 5.91 Å². The quantitative estimate of drug-likeness (QED) is 0.900. The van der Waals surface area contributed by atoms with Gasteiger partial charge in [0.1, 0.15) is 5.54 Å². The minimum absolute atomic E-state index is 0.0104. The van der Waals surface area contributed by atoms with Crippen molar-refractivity contribution < 1.29 is 9.59 Å². The van der Waals surface area contributed by atoms with Crippen molar-refractivity contribution >= 4 is 11.8 Å². The summed E-state index contributed by atoms with van der Waals surface area (Å²) < 4.78 is 0. The number of nitrogens with one attached hydrogen (secondary N) is 1. The van der Waals surface area contributed by atoms with E-state index in [9.17, 15) is 9.59 Å². The van der Waals surface area contributed by atoms with Crippen molar-refractivity contribution in [1.29, 1.82) is 0 Å². The van der Waals surface area contributed by atoms with Crippen molar-refractivity contribution in [2.75, 3.05) is 26.2 Å². The lowest BCUT2D eigenvalue weighted by atomic mass is 9.82. The van der Waals surface area contributed by atoms with Crippen LogP contribution in [-0.2, 0) is 11.3 Å². The maximum atomic E-state index is 12.9. The van der Waals surface area contributed by atoms with Crippen LogP contribution in [0.3, 0.4) is 0 Å². The summed E-state index contributed by atoms with van der Waals surface area (Å²) in [5.74, 6) is 0.0851. The summed E-state index contributed by atoms with van der Waals surface area (Å²) in [5, 5.41) is 3.04. The summed E-state index contributed by atoms with van der Waals surface area (Å²) >= 11 is 0. The van der Waals surface area contributed by atoms with Crippen molar-refractivity contribution in [2.24, 2.45) is 0 Å². The number of pyridine rings is 1. The average Bonchev–Trinajstić information content (AvgIpc) is 2.73. The molecule has 0 saturated carbocycles. The van der Waals surface area contributed by atoms with Gasteiger partial charge >= 0.3 is 0 Å². The Balaban J connectivity index is 1.49. The predicted octanol–water partition coefficient (Wildman–Crippen LogP) is 1.69. The van der Waals surface area contributed by atoms with Gasteiger partial charge in [-0.25, -0.2) is 0 Å². The van der Waals surface area contributed by atoms with E-state index in [1.165, 1.54) is 5.56 Å². The second-order valence-electron chi connectivity index (χ2n) is 7.23. The van der Waals surface area contributed by atoms with Gasteiger partial charge in [0.15, 0.2) is 0 Å². The zero-order valence-electron chi connectivity index (χ0n) is 15.3. The Kier molecular flexibility index (Phi) is 4.90. The summed E-state index contributed by atoms with van der Waals surface area (Å²) in [6, 6.07) is 13.8. The number of likely N-dealkylation sites (tertiary alicyclic amines) is 1. The molecule has 1 N–H and O–H groups in total. The van der Waals surface area contributed by atoms with Crippen LogP contribution < -0.4 is 5.32 Å². The van der Waals surface area contributed by atoms with Gasteiger partial charge in [-0.2, -0.15) is 0 Å². The lowest BCUT2D eigenvalue weighted by Gasteiger charge is -2.50. The molecule has 3 heterocycles. The molecule has 2 aliphatic rings. The van der Waals surface area contributed by atoms with E-state index in [-0.39, 0.29) is 11.8 Å². The first-order chi connectivity index (χ1) is 13.2. The van der Waals surface area contributed by atoms with Crippen LogP contribution in [0.1, 0.15) is 28.8 Å². The maximum absolute atomic E-state index is 12.9. The Labute approximate surface area is 159 Å². The molecule has 6 nitrogen and oxygen atoms in total. The third kappa shape index (κ3) is 3.45. The van der Waals surface area contributed by atoms with E-state index in [1.54, 1.807) is 24.5 Å². The molecule has 2 fully saturated rings. The van der Waals surface area contributed by atoms with Gasteiger partial charge in [-0.05, 0) is 30.5 Å².